The summed E-state index contributed by atoms with van der Waals surface area (Å²) < 4.78 is 22.9. The number of ether oxygens (including phenoxy) is 4. The molecule has 5 fully saturated rings. The second-order valence-electron chi connectivity index (χ2n) is 10.4. The Balaban J connectivity index is 1.30. The van der Waals surface area contributed by atoms with Gasteiger partial charge in [0.15, 0.2) is 5.78 Å². The molecule has 2 aliphatic carbocycles. The standard InChI is InChI=1S/C25H32O8/c1-5-17-20(31-17)16(26)8-6-7-9-19(27)32-18-10-11-23(4,28)22(3)12-15-14(2)13-30-25(15,29)21-24(18,22)33-21/h6-9,15,17-18,20-21,28-29H,2,5,10-13H2,1,3-4H3/b8-6+,9-7+/t15-,17-,18+,20-,21-,22+,23+,24+,25+/m0/s1. The summed E-state index contributed by atoms with van der Waals surface area (Å²) in [5, 5.41) is 22.6. The van der Waals surface area contributed by atoms with Gasteiger partial charge in [-0.25, -0.2) is 4.79 Å². The highest BCUT2D eigenvalue weighted by Crippen LogP contribution is 2.73. The average Bonchev–Trinajstić information content (AvgIpc) is 3.67. The average molecular weight is 461 g/mol. The Labute approximate surface area is 193 Å². The summed E-state index contributed by atoms with van der Waals surface area (Å²) in [4.78, 5) is 24.5. The van der Waals surface area contributed by atoms with Crippen LogP contribution in [-0.4, -0.2) is 70.0 Å². The molecule has 8 heteroatoms. The van der Waals surface area contributed by atoms with Crippen LogP contribution in [-0.2, 0) is 28.5 Å². The maximum atomic E-state index is 12.6. The number of epoxide rings is 2. The molecule has 5 rings (SSSR count). The molecule has 33 heavy (non-hydrogen) atoms. The first-order valence-corrected chi connectivity index (χ1v) is 11.7. The first-order valence-electron chi connectivity index (χ1n) is 11.7. The molecule has 0 radical (unpaired) electrons. The van der Waals surface area contributed by atoms with Gasteiger partial charge in [0.2, 0.25) is 5.79 Å². The topological polar surface area (TPSA) is 118 Å². The lowest BCUT2D eigenvalue weighted by Gasteiger charge is -2.57. The van der Waals surface area contributed by atoms with E-state index in [2.05, 4.69) is 6.58 Å². The molecule has 0 aromatic rings. The number of carbonyl (C=O) groups is 2. The van der Waals surface area contributed by atoms with E-state index >= 15 is 0 Å². The molecule has 2 N–H and O–H groups in total. The van der Waals surface area contributed by atoms with Gasteiger partial charge >= 0.3 is 5.97 Å². The number of fused-ring (bicyclic) bond motifs is 2. The predicted molar refractivity (Wildman–Crippen MR) is 116 cm³/mol. The lowest BCUT2D eigenvalue weighted by Crippen LogP contribution is -2.69. The third-order valence-corrected chi connectivity index (χ3v) is 8.66. The summed E-state index contributed by atoms with van der Waals surface area (Å²) in [5.41, 5.74) is -2.10. The van der Waals surface area contributed by atoms with Crippen LogP contribution < -0.4 is 0 Å². The van der Waals surface area contributed by atoms with E-state index in [9.17, 15) is 19.8 Å². The first-order chi connectivity index (χ1) is 15.5. The van der Waals surface area contributed by atoms with Gasteiger partial charge in [-0.15, -0.1) is 0 Å². The summed E-state index contributed by atoms with van der Waals surface area (Å²) in [6.45, 7) is 9.95. The van der Waals surface area contributed by atoms with Crippen molar-refractivity contribution in [2.75, 3.05) is 6.61 Å². The van der Waals surface area contributed by atoms with Crippen molar-refractivity contribution in [3.8, 4) is 0 Å². The lowest BCUT2D eigenvalue weighted by molar-refractivity contribution is -0.250. The minimum absolute atomic E-state index is 0.00872. The van der Waals surface area contributed by atoms with Gasteiger partial charge in [-0.3, -0.25) is 4.79 Å². The Morgan fingerprint density at radius 1 is 1.24 bits per heavy atom. The van der Waals surface area contributed by atoms with E-state index in [1.807, 2.05) is 13.8 Å². The van der Waals surface area contributed by atoms with Gasteiger partial charge in [-0.1, -0.05) is 32.6 Å². The Hall–Kier alpha value is -1.84. The largest absolute Gasteiger partial charge is 0.456 e. The van der Waals surface area contributed by atoms with Crippen molar-refractivity contribution in [3.05, 3.63) is 36.5 Å². The molecule has 1 spiro atoms. The normalized spacial score (nSPS) is 50.1. The minimum atomic E-state index is -1.53. The molecule has 0 aromatic heterocycles. The van der Waals surface area contributed by atoms with Gasteiger partial charge in [0.25, 0.3) is 0 Å². The second kappa shape index (κ2) is 7.33. The highest BCUT2D eigenvalue weighted by molar-refractivity contribution is 5.96. The molecule has 9 atom stereocenters. The quantitative estimate of drug-likeness (QED) is 0.202. The zero-order chi connectivity index (χ0) is 23.8. The van der Waals surface area contributed by atoms with E-state index in [0.717, 1.165) is 12.0 Å². The Morgan fingerprint density at radius 3 is 2.67 bits per heavy atom. The molecular weight excluding hydrogens is 428 g/mol. The van der Waals surface area contributed by atoms with Crippen LogP contribution in [0.2, 0.25) is 0 Å². The Kier molecular flexibility index (Phi) is 5.09. The van der Waals surface area contributed by atoms with Crippen LogP contribution in [0.15, 0.2) is 36.5 Å². The molecular formula is C25H32O8. The minimum Gasteiger partial charge on any atom is -0.456 e. The van der Waals surface area contributed by atoms with Crippen LogP contribution >= 0.6 is 0 Å². The van der Waals surface area contributed by atoms with Crippen LogP contribution in [0, 0.1) is 11.3 Å². The lowest BCUT2D eigenvalue weighted by atomic mass is 9.49. The van der Waals surface area contributed by atoms with E-state index in [0.29, 0.717) is 19.3 Å². The van der Waals surface area contributed by atoms with Crippen molar-refractivity contribution in [1.82, 2.24) is 0 Å². The SMILES string of the molecule is C=C1CO[C@@]2(O)[C@H]3O[C@]34[C@H](OC(=O)/C=C/C=C/C(=O)[C@@H]3O[C@H]3CC)CC[C@@](C)(O)[C@@]4(C)C[C@@H]12. The molecule has 3 aliphatic heterocycles. The van der Waals surface area contributed by atoms with Crippen molar-refractivity contribution in [2.24, 2.45) is 11.3 Å². The number of hydrogen-bond donors (Lipinski definition) is 2. The Morgan fingerprint density at radius 2 is 1.97 bits per heavy atom. The monoisotopic (exact) mass is 460 g/mol. The summed E-state index contributed by atoms with van der Waals surface area (Å²) >= 11 is 0. The number of esters is 1. The van der Waals surface area contributed by atoms with Gasteiger partial charge < -0.3 is 29.2 Å². The van der Waals surface area contributed by atoms with Crippen LogP contribution in [0.3, 0.4) is 0 Å². The molecule has 0 bridgehead atoms. The molecule has 0 aromatic carbocycles. The summed E-state index contributed by atoms with van der Waals surface area (Å²) in [5.74, 6) is -2.59. The van der Waals surface area contributed by atoms with Crippen LogP contribution in [0.25, 0.3) is 0 Å². The van der Waals surface area contributed by atoms with Gasteiger partial charge in [-0.2, -0.15) is 0 Å². The first kappa shape index (κ1) is 22.9. The van der Waals surface area contributed by atoms with Gasteiger partial charge in [0.05, 0.1) is 18.3 Å². The molecule has 0 amide bonds. The van der Waals surface area contributed by atoms with Crippen LogP contribution in [0.1, 0.15) is 46.5 Å². The number of rotatable bonds is 6. The molecule has 8 nitrogen and oxygen atoms in total. The molecule has 3 heterocycles. The fourth-order valence-corrected chi connectivity index (χ4v) is 6.34. The van der Waals surface area contributed by atoms with Crippen molar-refractivity contribution in [2.45, 2.75) is 87.9 Å². The van der Waals surface area contributed by atoms with Gasteiger partial charge in [0, 0.05) is 17.4 Å². The summed E-state index contributed by atoms with van der Waals surface area (Å²) in [6.07, 6.45) is 5.87. The molecule has 5 aliphatic rings. The van der Waals surface area contributed by atoms with E-state index in [-0.39, 0.29) is 30.5 Å². The van der Waals surface area contributed by atoms with Crippen LogP contribution in [0.4, 0.5) is 0 Å². The fraction of sp³-hybridized carbons (Fsp3) is 0.680. The highest BCUT2D eigenvalue weighted by Gasteiger charge is 2.87. The number of allylic oxidation sites excluding steroid dienone is 2. The van der Waals surface area contributed by atoms with Crippen molar-refractivity contribution in [3.63, 3.8) is 0 Å². The number of ketones is 1. The van der Waals surface area contributed by atoms with Crippen LogP contribution in [0.5, 0.6) is 0 Å². The maximum Gasteiger partial charge on any atom is 0.331 e. The number of carbonyl (C=O) groups excluding carboxylic acids is 2. The highest BCUT2D eigenvalue weighted by atomic mass is 16.7. The predicted octanol–water partition coefficient (Wildman–Crippen LogP) is 1.74. The van der Waals surface area contributed by atoms with Crippen molar-refractivity contribution in [1.29, 1.82) is 0 Å². The zero-order valence-electron chi connectivity index (χ0n) is 19.3. The van der Waals surface area contributed by atoms with Crippen molar-refractivity contribution >= 4 is 11.8 Å². The third kappa shape index (κ3) is 3.15. The summed E-state index contributed by atoms with van der Waals surface area (Å²) in [6, 6.07) is 0. The smallest absolute Gasteiger partial charge is 0.331 e. The van der Waals surface area contributed by atoms with E-state index in [4.69, 9.17) is 18.9 Å². The molecule has 2 saturated carbocycles. The zero-order valence-corrected chi connectivity index (χ0v) is 19.3. The van der Waals surface area contributed by atoms with Gasteiger partial charge in [0.1, 0.15) is 23.9 Å². The number of aliphatic hydroxyl groups is 2. The molecule has 3 saturated heterocycles. The van der Waals surface area contributed by atoms with Crippen molar-refractivity contribution < 1.29 is 38.7 Å². The van der Waals surface area contributed by atoms with E-state index in [1.54, 1.807) is 6.92 Å². The Bertz CT molecular complexity index is 952. The third-order valence-electron chi connectivity index (χ3n) is 8.66. The fourth-order valence-electron chi connectivity index (χ4n) is 6.34. The summed E-state index contributed by atoms with van der Waals surface area (Å²) in [7, 11) is 0. The molecule has 0 unspecified atom stereocenters. The molecule has 180 valence electrons. The van der Waals surface area contributed by atoms with E-state index < -0.39 is 40.6 Å². The maximum absolute atomic E-state index is 12.6. The van der Waals surface area contributed by atoms with E-state index in [1.165, 1.54) is 24.3 Å². The van der Waals surface area contributed by atoms with Gasteiger partial charge in [-0.05, 0) is 44.3 Å². The number of hydrogen-bond acceptors (Lipinski definition) is 8. The second-order valence-corrected chi connectivity index (χ2v) is 10.4.